The lowest BCUT2D eigenvalue weighted by molar-refractivity contribution is 0.0199. The first-order valence-electron chi connectivity index (χ1n) is 8.59. The summed E-state index contributed by atoms with van der Waals surface area (Å²) in [5.74, 6) is 0.154. The molecule has 1 saturated heterocycles. The molecule has 1 aromatic carbocycles. The van der Waals surface area contributed by atoms with E-state index in [-0.39, 0.29) is 30.8 Å². The Morgan fingerprint density at radius 2 is 1.84 bits per heavy atom. The summed E-state index contributed by atoms with van der Waals surface area (Å²) < 4.78 is 10.8. The molecular weight excluding hydrogens is 320 g/mol. The average Bonchev–Trinajstić information content (AvgIpc) is 2.93. The van der Waals surface area contributed by atoms with Crippen molar-refractivity contribution in [2.24, 2.45) is 5.92 Å². The molecule has 0 unspecified atom stereocenters. The summed E-state index contributed by atoms with van der Waals surface area (Å²) in [7, 11) is 1.72. The van der Waals surface area contributed by atoms with Crippen LogP contribution in [-0.4, -0.2) is 53.8 Å². The predicted molar refractivity (Wildman–Crippen MR) is 95.1 cm³/mol. The molecule has 0 N–H and O–H groups in total. The van der Waals surface area contributed by atoms with E-state index in [0.717, 1.165) is 5.56 Å². The molecule has 1 aliphatic heterocycles. The molecule has 0 spiro atoms. The van der Waals surface area contributed by atoms with Crippen molar-refractivity contribution in [1.82, 2.24) is 9.80 Å². The van der Waals surface area contributed by atoms with Gasteiger partial charge in [-0.15, -0.1) is 0 Å². The summed E-state index contributed by atoms with van der Waals surface area (Å²) in [5, 5.41) is 0. The second-order valence-corrected chi connectivity index (χ2v) is 7.58. The minimum Gasteiger partial charge on any atom is -0.445 e. The maximum Gasteiger partial charge on any atom is 0.410 e. The molecule has 0 aromatic heterocycles. The Morgan fingerprint density at radius 1 is 1.20 bits per heavy atom. The van der Waals surface area contributed by atoms with Gasteiger partial charge in [-0.1, -0.05) is 37.3 Å². The summed E-state index contributed by atoms with van der Waals surface area (Å²) in [5.41, 5.74) is 0.409. The van der Waals surface area contributed by atoms with Gasteiger partial charge in [0.2, 0.25) is 0 Å². The van der Waals surface area contributed by atoms with Crippen LogP contribution in [0.3, 0.4) is 0 Å². The van der Waals surface area contributed by atoms with Crippen molar-refractivity contribution in [2.45, 2.75) is 45.9 Å². The smallest absolute Gasteiger partial charge is 0.410 e. The molecule has 1 aromatic rings. The van der Waals surface area contributed by atoms with Gasteiger partial charge < -0.3 is 19.3 Å². The Balaban J connectivity index is 1.89. The highest BCUT2D eigenvalue weighted by atomic mass is 16.6. The van der Waals surface area contributed by atoms with Crippen molar-refractivity contribution in [1.29, 1.82) is 0 Å². The van der Waals surface area contributed by atoms with Crippen molar-refractivity contribution in [3.63, 3.8) is 0 Å². The highest BCUT2D eigenvalue weighted by Crippen LogP contribution is 2.23. The molecular formula is C19H28N2O4. The van der Waals surface area contributed by atoms with E-state index in [1.165, 1.54) is 0 Å². The van der Waals surface area contributed by atoms with Crippen LogP contribution in [0.1, 0.15) is 33.3 Å². The molecule has 1 aliphatic rings. The highest BCUT2D eigenvalue weighted by Gasteiger charge is 2.38. The molecule has 138 valence electrons. The maximum atomic E-state index is 12.3. The minimum atomic E-state index is -0.540. The van der Waals surface area contributed by atoms with Gasteiger partial charge in [0.15, 0.2) is 0 Å². The van der Waals surface area contributed by atoms with E-state index in [1.807, 2.05) is 58.0 Å². The van der Waals surface area contributed by atoms with Crippen LogP contribution in [0.5, 0.6) is 0 Å². The van der Waals surface area contributed by atoms with E-state index in [0.29, 0.717) is 13.1 Å². The zero-order chi connectivity index (χ0) is 18.6. The van der Waals surface area contributed by atoms with Gasteiger partial charge in [0, 0.05) is 20.1 Å². The largest absolute Gasteiger partial charge is 0.445 e. The van der Waals surface area contributed by atoms with Crippen LogP contribution >= 0.6 is 0 Å². The molecule has 6 heteroatoms. The third-order valence-corrected chi connectivity index (χ3v) is 4.21. The molecule has 2 amide bonds. The summed E-state index contributed by atoms with van der Waals surface area (Å²) in [6, 6.07) is 9.49. The fraction of sp³-hybridized carbons (Fsp3) is 0.579. The van der Waals surface area contributed by atoms with Crippen LogP contribution in [0.2, 0.25) is 0 Å². The van der Waals surface area contributed by atoms with E-state index in [9.17, 15) is 9.59 Å². The number of likely N-dealkylation sites (tertiary alicyclic amines) is 1. The van der Waals surface area contributed by atoms with Gasteiger partial charge in [-0.25, -0.2) is 9.59 Å². The molecule has 0 saturated carbocycles. The van der Waals surface area contributed by atoms with E-state index < -0.39 is 5.60 Å². The van der Waals surface area contributed by atoms with Crippen LogP contribution in [-0.2, 0) is 16.1 Å². The third kappa shape index (κ3) is 5.37. The quantitative estimate of drug-likeness (QED) is 0.839. The number of rotatable bonds is 3. The molecule has 0 bridgehead atoms. The van der Waals surface area contributed by atoms with Gasteiger partial charge in [-0.3, -0.25) is 0 Å². The fourth-order valence-corrected chi connectivity index (χ4v) is 2.88. The van der Waals surface area contributed by atoms with Gasteiger partial charge >= 0.3 is 12.2 Å². The Kier molecular flexibility index (Phi) is 5.93. The number of likely N-dealkylation sites (N-methyl/N-ethyl adjacent to an activating group) is 1. The number of hydrogen-bond donors (Lipinski definition) is 0. The van der Waals surface area contributed by atoms with Crippen LogP contribution < -0.4 is 0 Å². The Morgan fingerprint density at radius 3 is 2.44 bits per heavy atom. The first-order valence-corrected chi connectivity index (χ1v) is 8.59. The van der Waals surface area contributed by atoms with Crippen LogP contribution in [0.4, 0.5) is 9.59 Å². The van der Waals surface area contributed by atoms with Crippen molar-refractivity contribution in [2.75, 3.05) is 20.1 Å². The first kappa shape index (κ1) is 19.1. The lowest BCUT2D eigenvalue weighted by Crippen LogP contribution is -2.44. The van der Waals surface area contributed by atoms with Gasteiger partial charge in [0.25, 0.3) is 0 Å². The standard InChI is InChI=1S/C19H28N2O4/c1-14-11-21(18(23)24-13-15-9-7-6-8-10-15)12-16(14)20(5)17(22)25-19(2,3)4/h6-10,14,16H,11-13H2,1-5H3/t14-,16+/m1/s1. The van der Waals surface area contributed by atoms with Crippen molar-refractivity contribution >= 4 is 12.2 Å². The van der Waals surface area contributed by atoms with E-state index in [2.05, 4.69) is 0 Å². The number of hydrogen-bond acceptors (Lipinski definition) is 4. The predicted octanol–water partition coefficient (Wildman–Crippen LogP) is 3.51. The van der Waals surface area contributed by atoms with Gasteiger partial charge in [-0.2, -0.15) is 0 Å². The summed E-state index contributed by atoms with van der Waals surface area (Å²) >= 11 is 0. The zero-order valence-corrected chi connectivity index (χ0v) is 15.7. The van der Waals surface area contributed by atoms with Crippen molar-refractivity contribution in [3.8, 4) is 0 Å². The van der Waals surface area contributed by atoms with Crippen molar-refractivity contribution in [3.05, 3.63) is 35.9 Å². The number of nitrogens with zero attached hydrogens (tertiary/aromatic N) is 2. The number of amides is 2. The number of carbonyl (C=O) groups is 2. The van der Waals surface area contributed by atoms with E-state index >= 15 is 0 Å². The van der Waals surface area contributed by atoms with Crippen LogP contribution in [0, 0.1) is 5.92 Å². The minimum absolute atomic E-state index is 0.0841. The van der Waals surface area contributed by atoms with E-state index in [4.69, 9.17) is 9.47 Å². The summed E-state index contributed by atoms with van der Waals surface area (Å²) in [6.45, 7) is 8.79. The molecule has 2 rings (SSSR count). The Bertz CT molecular complexity index is 597. The lowest BCUT2D eigenvalue weighted by atomic mass is 10.1. The topological polar surface area (TPSA) is 59.1 Å². The monoisotopic (exact) mass is 348 g/mol. The molecule has 2 atom stereocenters. The number of benzene rings is 1. The van der Waals surface area contributed by atoms with Gasteiger partial charge in [-0.05, 0) is 32.3 Å². The first-order chi connectivity index (χ1) is 11.7. The zero-order valence-electron chi connectivity index (χ0n) is 15.7. The average molecular weight is 348 g/mol. The Hall–Kier alpha value is -2.24. The fourth-order valence-electron chi connectivity index (χ4n) is 2.88. The van der Waals surface area contributed by atoms with Gasteiger partial charge in [0.1, 0.15) is 12.2 Å². The normalized spacial score (nSPS) is 20.3. The SMILES string of the molecule is C[C@@H]1CN(C(=O)OCc2ccccc2)C[C@@H]1N(C)C(=O)OC(C)(C)C. The van der Waals surface area contributed by atoms with Gasteiger partial charge in [0.05, 0.1) is 6.04 Å². The van der Waals surface area contributed by atoms with E-state index in [1.54, 1.807) is 16.8 Å². The Labute approximate surface area is 149 Å². The molecule has 1 heterocycles. The molecule has 25 heavy (non-hydrogen) atoms. The second-order valence-electron chi connectivity index (χ2n) is 7.58. The third-order valence-electron chi connectivity index (χ3n) is 4.21. The molecule has 0 radical (unpaired) electrons. The number of carbonyl (C=O) groups excluding carboxylic acids is 2. The maximum absolute atomic E-state index is 12.3. The summed E-state index contributed by atoms with van der Waals surface area (Å²) in [4.78, 5) is 27.8. The second kappa shape index (κ2) is 7.76. The van der Waals surface area contributed by atoms with Crippen LogP contribution in [0.15, 0.2) is 30.3 Å². The number of ether oxygens (including phenoxy) is 2. The molecule has 6 nitrogen and oxygen atoms in total. The van der Waals surface area contributed by atoms with Crippen LogP contribution in [0.25, 0.3) is 0 Å². The summed E-state index contributed by atoms with van der Waals surface area (Å²) in [6.07, 6.45) is -0.723. The lowest BCUT2D eigenvalue weighted by Gasteiger charge is -2.30. The highest BCUT2D eigenvalue weighted by molar-refractivity contribution is 5.70. The molecule has 0 aliphatic carbocycles. The van der Waals surface area contributed by atoms with Crippen molar-refractivity contribution < 1.29 is 19.1 Å². The molecule has 1 fully saturated rings.